The van der Waals surface area contributed by atoms with Gasteiger partial charge < -0.3 is 20.3 Å². The minimum Gasteiger partial charge on any atom is -0.479 e. The van der Waals surface area contributed by atoms with Gasteiger partial charge in [-0.25, -0.2) is 32.1 Å². The van der Waals surface area contributed by atoms with Gasteiger partial charge in [0, 0.05) is 48.5 Å². The summed E-state index contributed by atoms with van der Waals surface area (Å²) in [5.74, 6) is -7.82. The molecule has 0 aliphatic carbocycles. The van der Waals surface area contributed by atoms with Gasteiger partial charge in [0.1, 0.15) is 6.04 Å². The Hall–Kier alpha value is -3.11. The number of aliphatic hydroxyl groups is 1. The first-order valence-electron chi connectivity index (χ1n) is 13.8. The summed E-state index contributed by atoms with van der Waals surface area (Å²) >= 11 is 7.43. The second-order valence-corrected chi connectivity index (χ2v) is 12.3. The molecule has 10 nitrogen and oxygen atoms in total. The van der Waals surface area contributed by atoms with Crippen LogP contribution in [0.1, 0.15) is 43.3 Å². The van der Waals surface area contributed by atoms with E-state index in [1.54, 1.807) is 12.3 Å². The van der Waals surface area contributed by atoms with Gasteiger partial charge in [0.05, 0.1) is 29.8 Å². The van der Waals surface area contributed by atoms with E-state index in [2.05, 4.69) is 15.3 Å². The van der Waals surface area contributed by atoms with Gasteiger partial charge in [-0.1, -0.05) is 17.7 Å². The molecule has 1 aromatic carbocycles. The van der Waals surface area contributed by atoms with Crippen LogP contribution in [0.25, 0.3) is 0 Å². The normalized spacial score (nSPS) is 24.9. The Balaban J connectivity index is 1.52. The van der Waals surface area contributed by atoms with Crippen LogP contribution >= 0.6 is 22.9 Å². The van der Waals surface area contributed by atoms with Crippen molar-refractivity contribution in [1.29, 1.82) is 0 Å². The molecule has 16 heteroatoms. The molecule has 2 fully saturated rings. The zero-order valence-corrected chi connectivity index (χ0v) is 25.3. The number of carbonyl (C=O) groups is 2. The number of rotatable bonds is 10. The maximum atomic E-state index is 15.6. The summed E-state index contributed by atoms with van der Waals surface area (Å²) in [6, 6.07) is -1.14. The van der Waals surface area contributed by atoms with Gasteiger partial charge in [-0.15, -0.1) is 11.3 Å². The minimum atomic E-state index is -3.20. The molecule has 5 rings (SSSR count). The molecule has 44 heavy (non-hydrogen) atoms. The predicted molar refractivity (Wildman–Crippen MR) is 153 cm³/mol. The second kappa shape index (κ2) is 12.4. The molecule has 4 heterocycles. The summed E-state index contributed by atoms with van der Waals surface area (Å²) in [6.07, 6.45) is 1.60. The van der Waals surface area contributed by atoms with E-state index in [0.29, 0.717) is 11.4 Å². The molecule has 238 valence electrons. The smallest absolute Gasteiger partial charge is 0.338 e. The van der Waals surface area contributed by atoms with Gasteiger partial charge in [-0.05, 0) is 32.8 Å². The lowest BCUT2D eigenvalue weighted by Crippen LogP contribution is -2.48. The molecule has 2 aromatic rings. The van der Waals surface area contributed by atoms with Crippen LogP contribution in [0.2, 0.25) is 5.02 Å². The molecule has 3 aliphatic rings. The SMILES string of the molecule is CCOC(=O)C1=C(CN2CC(F)(F)[C@H]3[C@@H]2CCN3CC[C@@](C)(O)C(=O)O)NC(c2nccs2)=N[C@H]1c1ccc(F)c(F)c1Cl. The number of carbonyl (C=O) groups excluding carboxylic acids is 1. The van der Waals surface area contributed by atoms with Crippen molar-refractivity contribution in [2.24, 2.45) is 4.99 Å². The summed E-state index contributed by atoms with van der Waals surface area (Å²) in [7, 11) is 0. The number of hydrogen-bond acceptors (Lipinski definition) is 10. The number of thiazole rings is 1. The van der Waals surface area contributed by atoms with Gasteiger partial charge in [-0.2, -0.15) is 0 Å². The summed E-state index contributed by atoms with van der Waals surface area (Å²) in [6.45, 7) is 2.00. The van der Waals surface area contributed by atoms with Crippen molar-refractivity contribution in [2.45, 2.75) is 56.3 Å². The average Bonchev–Trinajstić information content (AvgIpc) is 3.70. The fourth-order valence-corrected chi connectivity index (χ4v) is 6.79. The van der Waals surface area contributed by atoms with Crippen molar-refractivity contribution in [3.63, 3.8) is 0 Å². The lowest BCUT2D eigenvalue weighted by atomic mass is 9.94. The van der Waals surface area contributed by atoms with Gasteiger partial charge in [-0.3, -0.25) is 14.8 Å². The van der Waals surface area contributed by atoms with E-state index in [4.69, 9.17) is 16.3 Å². The number of likely N-dealkylation sites (tertiary alicyclic amines) is 2. The highest BCUT2D eigenvalue weighted by atomic mass is 35.5. The molecular formula is C28H30ClF4N5O5S. The second-order valence-electron chi connectivity index (χ2n) is 11.1. The molecule has 4 atom stereocenters. The molecule has 0 unspecified atom stereocenters. The molecule has 3 N–H and O–H groups in total. The van der Waals surface area contributed by atoms with E-state index < -0.39 is 64.8 Å². The number of carboxylic acids is 1. The van der Waals surface area contributed by atoms with Crippen molar-refractivity contribution < 1.29 is 42.1 Å². The molecule has 0 spiro atoms. The number of aliphatic imine (C=N–C) groups is 1. The van der Waals surface area contributed by atoms with Crippen LogP contribution in [-0.4, -0.2) is 99.2 Å². The fraction of sp³-hybridized carbons (Fsp3) is 0.500. The maximum Gasteiger partial charge on any atom is 0.338 e. The summed E-state index contributed by atoms with van der Waals surface area (Å²) in [5, 5.41) is 23.9. The molecule has 0 saturated carbocycles. The number of halogens is 5. The molecule has 3 aliphatic heterocycles. The third kappa shape index (κ3) is 6.07. The molecule has 0 bridgehead atoms. The Morgan fingerprint density at radius 1 is 1.30 bits per heavy atom. The van der Waals surface area contributed by atoms with Crippen molar-refractivity contribution in [3.8, 4) is 0 Å². The lowest BCUT2D eigenvalue weighted by Gasteiger charge is -2.31. The molecule has 0 radical (unpaired) electrons. The number of hydrogen-bond donors (Lipinski definition) is 3. The molecular weight excluding hydrogens is 630 g/mol. The number of aliphatic carboxylic acids is 1. The Morgan fingerprint density at radius 3 is 2.70 bits per heavy atom. The zero-order chi connectivity index (χ0) is 32.0. The fourth-order valence-electron chi connectivity index (χ4n) is 5.94. The zero-order valence-electron chi connectivity index (χ0n) is 23.7. The standard InChI is InChI=1S/C28H30ClF4N5O5S/c1-3-43-25(39)18-16(12-38-13-28(32,33)22-17(38)6-9-37(22)10-7-27(2,42)26(40)41)35-23(24-34-8-11-44-24)36-21(18)14-4-5-15(30)20(31)19(14)29/h4-5,8,11,17,21-22,42H,3,6-7,9-10,12-13H2,1-2H3,(H,35,36)(H,40,41)/t17-,21-,22+,27+/m0/s1. The highest BCUT2D eigenvalue weighted by molar-refractivity contribution is 7.11. The number of benzene rings is 1. The van der Waals surface area contributed by atoms with Crippen LogP contribution < -0.4 is 5.32 Å². The molecule has 0 amide bonds. The third-order valence-corrected chi connectivity index (χ3v) is 9.27. The van der Waals surface area contributed by atoms with Crippen molar-refractivity contribution in [2.75, 3.05) is 32.8 Å². The number of amidine groups is 1. The Kier molecular flexibility index (Phi) is 9.06. The van der Waals surface area contributed by atoms with E-state index in [9.17, 15) is 28.6 Å². The predicted octanol–water partition coefficient (Wildman–Crippen LogP) is 3.60. The van der Waals surface area contributed by atoms with Crippen LogP contribution in [-0.2, 0) is 14.3 Å². The topological polar surface area (TPSA) is 128 Å². The van der Waals surface area contributed by atoms with Crippen molar-refractivity contribution >= 4 is 40.7 Å². The first-order valence-corrected chi connectivity index (χ1v) is 15.1. The van der Waals surface area contributed by atoms with Crippen LogP contribution in [0.5, 0.6) is 0 Å². The van der Waals surface area contributed by atoms with Crippen molar-refractivity contribution in [3.05, 3.63) is 62.2 Å². The Labute approximate surface area is 259 Å². The first-order chi connectivity index (χ1) is 20.7. The third-order valence-electron chi connectivity index (χ3n) is 8.11. The van der Waals surface area contributed by atoms with E-state index in [-0.39, 0.29) is 55.3 Å². The minimum absolute atomic E-state index is 0.0242. The van der Waals surface area contributed by atoms with Crippen LogP contribution in [0.3, 0.4) is 0 Å². The molecule has 1 aromatic heterocycles. The van der Waals surface area contributed by atoms with Gasteiger partial charge in [0.15, 0.2) is 28.1 Å². The number of alkyl halides is 2. The number of fused-ring (bicyclic) bond motifs is 1. The van der Waals surface area contributed by atoms with Gasteiger partial charge in [0.25, 0.3) is 5.92 Å². The molecule has 2 saturated heterocycles. The lowest BCUT2D eigenvalue weighted by molar-refractivity contribution is -0.157. The number of aromatic nitrogens is 1. The van der Waals surface area contributed by atoms with Crippen LogP contribution in [0.15, 0.2) is 40.0 Å². The number of carboxylic acid groups (broad SMARTS) is 1. The van der Waals surface area contributed by atoms with Crippen LogP contribution in [0.4, 0.5) is 17.6 Å². The maximum absolute atomic E-state index is 15.6. The van der Waals surface area contributed by atoms with Gasteiger partial charge in [0.2, 0.25) is 0 Å². The highest BCUT2D eigenvalue weighted by Crippen LogP contribution is 2.43. The quantitative estimate of drug-likeness (QED) is 0.199. The summed E-state index contributed by atoms with van der Waals surface area (Å²) in [4.78, 5) is 36.6. The van der Waals surface area contributed by atoms with Gasteiger partial charge >= 0.3 is 11.9 Å². The Morgan fingerprint density at radius 2 is 2.05 bits per heavy atom. The average molecular weight is 660 g/mol. The number of nitrogens with one attached hydrogen (secondary N) is 1. The van der Waals surface area contributed by atoms with E-state index in [1.807, 2.05) is 0 Å². The first kappa shape index (κ1) is 32.3. The highest BCUT2D eigenvalue weighted by Gasteiger charge is 2.59. The number of nitrogens with zero attached hydrogens (tertiary/aromatic N) is 4. The largest absolute Gasteiger partial charge is 0.479 e. The van der Waals surface area contributed by atoms with E-state index >= 15 is 8.78 Å². The summed E-state index contributed by atoms with van der Waals surface area (Å²) in [5.41, 5.74) is -2.03. The van der Waals surface area contributed by atoms with Crippen molar-refractivity contribution in [1.82, 2.24) is 20.1 Å². The Bertz CT molecular complexity index is 1510. The van der Waals surface area contributed by atoms with E-state index in [0.717, 1.165) is 13.0 Å². The van der Waals surface area contributed by atoms with Crippen LogP contribution in [0, 0.1) is 11.6 Å². The number of esters is 1. The monoisotopic (exact) mass is 659 g/mol. The number of ether oxygens (including phenoxy) is 1. The summed E-state index contributed by atoms with van der Waals surface area (Å²) < 4.78 is 65.0. The van der Waals surface area contributed by atoms with E-state index in [1.165, 1.54) is 33.4 Å².